The largest absolute Gasteiger partial charge is 0.489 e. The normalized spacial score (nSPS) is 10.5. The number of para-hydroxylation sites is 2. The summed E-state index contributed by atoms with van der Waals surface area (Å²) in [5, 5.41) is 6.65. The van der Waals surface area contributed by atoms with E-state index in [1.165, 1.54) is 0 Å². The summed E-state index contributed by atoms with van der Waals surface area (Å²) < 4.78 is 5.74. The summed E-state index contributed by atoms with van der Waals surface area (Å²) in [6, 6.07) is 18.0. The van der Waals surface area contributed by atoms with E-state index in [1.54, 1.807) is 30.5 Å². The topological polar surface area (TPSA) is 63.2 Å². The van der Waals surface area contributed by atoms with Crippen LogP contribution in [0.5, 0.6) is 5.75 Å². The fraction of sp³-hybridized carbons (Fsp3) is 0.143. The van der Waals surface area contributed by atoms with Crippen molar-refractivity contribution in [1.82, 2.24) is 4.98 Å². The number of rotatable bonds is 6. The van der Waals surface area contributed by atoms with Gasteiger partial charge in [0.15, 0.2) is 0 Å². The average Bonchev–Trinajstić information content (AvgIpc) is 2.63. The van der Waals surface area contributed by atoms with Crippen molar-refractivity contribution in [3.63, 3.8) is 0 Å². The summed E-state index contributed by atoms with van der Waals surface area (Å²) in [5.74, 6) is 0.940. The summed E-state index contributed by atoms with van der Waals surface area (Å²) in [4.78, 5) is 16.9. The maximum Gasteiger partial charge on any atom is 0.255 e. The smallest absolute Gasteiger partial charge is 0.255 e. The molecule has 0 aliphatic carbocycles. The van der Waals surface area contributed by atoms with Gasteiger partial charge in [0.2, 0.25) is 0 Å². The third-order valence-corrected chi connectivity index (χ3v) is 3.85. The maximum absolute atomic E-state index is 12.7. The summed E-state index contributed by atoms with van der Waals surface area (Å²) in [7, 11) is 0. The van der Waals surface area contributed by atoms with Crippen LogP contribution in [0.15, 0.2) is 66.9 Å². The third kappa shape index (κ3) is 5.21. The Labute approximate surface area is 163 Å². The van der Waals surface area contributed by atoms with E-state index in [9.17, 15) is 4.79 Å². The van der Waals surface area contributed by atoms with Crippen LogP contribution in [0.2, 0.25) is 5.02 Å². The molecule has 138 valence electrons. The van der Waals surface area contributed by atoms with Crippen molar-refractivity contribution in [3.8, 4) is 5.75 Å². The fourth-order valence-electron chi connectivity index (χ4n) is 2.48. The Kier molecular flexibility index (Phi) is 5.94. The molecule has 0 saturated carbocycles. The van der Waals surface area contributed by atoms with Gasteiger partial charge in [-0.1, -0.05) is 29.8 Å². The number of carbonyl (C=O) groups is 1. The molecule has 6 heteroatoms. The van der Waals surface area contributed by atoms with Crippen LogP contribution in [0.1, 0.15) is 24.2 Å². The van der Waals surface area contributed by atoms with E-state index in [0.717, 1.165) is 5.69 Å². The molecule has 0 unspecified atom stereocenters. The van der Waals surface area contributed by atoms with Gasteiger partial charge >= 0.3 is 0 Å². The highest BCUT2D eigenvalue weighted by atomic mass is 35.5. The number of amides is 1. The highest BCUT2D eigenvalue weighted by Crippen LogP contribution is 2.26. The second-order valence-electron chi connectivity index (χ2n) is 6.18. The number of anilines is 3. The van der Waals surface area contributed by atoms with E-state index < -0.39 is 0 Å². The molecular weight excluding hydrogens is 362 g/mol. The lowest BCUT2D eigenvalue weighted by atomic mass is 10.2. The Hall–Kier alpha value is -3.05. The summed E-state index contributed by atoms with van der Waals surface area (Å²) >= 11 is 6.00. The first-order valence-corrected chi connectivity index (χ1v) is 8.95. The van der Waals surface area contributed by atoms with Gasteiger partial charge in [-0.2, -0.15) is 0 Å². The maximum atomic E-state index is 12.7. The number of aromatic nitrogens is 1. The number of ether oxygens (including phenoxy) is 1. The van der Waals surface area contributed by atoms with Crippen LogP contribution in [0.4, 0.5) is 17.2 Å². The summed E-state index contributed by atoms with van der Waals surface area (Å²) in [6.07, 6.45) is 1.59. The van der Waals surface area contributed by atoms with E-state index >= 15 is 0 Å². The number of nitrogens with zero attached hydrogens (tertiary/aromatic N) is 1. The minimum absolute atomic E-state index is 0.0116. The molecule has 3 rings (SSSR count). The SMILES string of the molecule is CC(C)Oc1ccccc1NC(=O)c1ccnc(Nc2cccc(Cl)c2)c1. The quantitative estimate of drug-likeness (QED) is 0.590. The molecule has 0 saturated heterocycles. The van der Waals surface area contributed by atoms with Crippen LogP contribution in [0, 0.1) is 0 Å². The highest BCUT2D eigenvalue weighted by Gasteiger charge is 2.11. The van der Waals surface area contributed by atoms with E-state index in [2.05, 4.69) is 15.6 Å². The molecule has 3 aromatic rings. The van der Waals surface area contributed by atoms with Gasteiger partial charge in [0.1, 0.15) is 11.6 Å². The summed E-state index contributed by atoms with van der Waals surface area (Å²) in [6.45, 7) is 3.88. The summed E-state index contributed by atoms with van der Waals surface area (Å²) in [5.41, 5.74) is 1.90. The van der Waals surface area contributed by atoms with Crippen molar-refractivity contribution in [2.45, 2.75) is 20.0 Å². The standard InChI is InChI=1S/C21H20ClN3O2/c1-14(2)27-19-9-4-3-8-18(19)25-21(26)15-10-11-23-20(12-15)24-17-7-5-6-16(22)13-17/h3-14H,1-2H3,(H,23,24)(H,25,26). The van der Waals surface area contributed by atoms with E-state index in [1.807, 2.05) is 50.2 Å². The monoisotopic (exact) mass is 381 g/mol. The predicted octanol–water partition coefficient (Wildman–Crippen LogP) is 5.52. The molecule has 1 amide bonds. The number of hydrogen-bond donors (Lipinski definition) is 2. The number of pyridine rings is 1. The second kappa shape index (κ2) is 8.56. The van der Waals surface area contributed by atoms with E-state index in [4.69, 9.17) is 16.3 Å². The Balaban J connectivity index is 1.76. The van der Waals surface area contributed by atoms with Gasteiger partial charge in [0, 0.05) is 22.5 Å². The zero-order chi connectivity index (χ0) is 19.2. The minimum atomic E-state index is -0.244. The zero-order valence-corrected chi connectivity index (χ0v) is 15.8. The number of nitrogens with one attached hydrogen (secondary N) is 2. The first-order chi connectivity index (χ1) is 13.0. The molecule has 27 heavy (non-hydrogen) atoms. The molecule has 5 nitrogen and oxygen atoms in total. The van der Waals surface area contributed by atoms with Gasteiger partial charge in [0.25, 0.3) is 5.91 Å². The average molecular weight is 382 g/mol. The minimum Gasteiger partial charge on any atom is -0.489 e. The van der Waals surface area contributed by atoms with Gasteiger partial charge in [-0.25, -0.2) is 4.98 Å². The Morgan fingerprint density at radius 3 is 2.67 bits per heavy atom. The molecule has 2 aromatic carbocycles. The van der Waals surface area contributed by atoms with Gasteiger partial charge in [-0.3, -0.25) is 4.79 Å². The molecule has 0 spiro atoms. The highest BCUT2D eigenvalue weighted by molar-refractivity contribution is 6.30. The van der Waals surface area contributed by atoms with Gasteiger partial charge in [-0.15, -0.1) is 0 Å². The number of benzene rings is 2. The lowest BCUT2D eigenvalue weighted by Crippen LogP contribution is -2.14. The molecule has 2 N–H and O–H groups in total. The van der Waals surface area contributed by atoms with Crippen LogP contribution in [-0.4, -0.2) is 17.0 Å². The molecule has 0 radical (unpaired) electrons. The molecular formula is C21H20ClN3O2. The van der Waals surface area contributed by atoms with Gasteiger partial charge < -0.3 is 15.4 Å². The van der Waals surface area contributed by atoms with Crippen LogP contribution < -0.4 is 15.4 Å². The van der Waals surface area contributed by atoms with Gasteiger partial charge in [-0.05, 0) is 56.3 Å². The van der Waals surface area contributed by atoms with Crippen molar-refractivity contribution in [3.05, 3.63) is 77.4 Å². The molecule has 1 aromatic heterocycles. The predicted molar refractivity (Wildman–Crippen MR) is 109 cm³/mol. The Bertz CT molecular complexity index is 944. The van der Waals surface area contributed by atoms with Crippen molar-refractivity contribution in [1.29, 1.82) is 0 Å². The lowest BCUT2D eigenvalue weighted by Gasteiger charge is -2.15. The van der Waals surface area contributed by atoms with Crippen molar-refractivity contribution >= 4 is 34.7 Å². The van der Waals surface area contributed by atoms with Crippen LogP contribution in [0.3, 0.4) is 0 Å². The zero-order valence-electron chi connectivity index (χ0n) is 15.1. The van der Waals surface area contributed by atoms with Crippen LogP contribution in [-0.2, 0) is 0 Å². The van der Waals surface area contributed by atoms with Crippen LogP contribution >= 0.6 is 11.6 Å². The number of halogens is 1. The molecule has 0 bridgehead atoms. The third-order valence-electron chi connectivity index (χ3n) is 3.62. The second-order valence-corrected chi connectivity index (χ2v) is 6.62. The van der Waals surface area contributed by atoms with E-state index in [-0.39, 0.29) is 12.0 Å². The van der Waals surface area contributed by atoms with Crippen LogP contribution in [0.25, 0.3) is 0 Å². The molecule has 0 fully saturated rings. The fourth-order valence-corrected chi connectivity index (χ4v) is 2.67. The number of carbonyl (C=O) groups excluding carboxylic acids is 1. The van der Waals surface area contributed by atoms with Crippen molar-refractivity contribution in [2.75, 3.05) is 10.6 Å². The number of hydrogen-bond acceptors (Lipinski definition) is 4. The van der Waals surface area contributed by atoms with E-state index in [0.29, 0.717) is 27.8 Å². The molecule has 0 aliphatic heterocycles. The molecule has 0 atom stereocenters. The van der Waals surface area contributed by atoms with Gasteiger partial charge in [0.05, 0.1) is 11.8 Å². The Morgan fingerprint density at radius 1 is 1.07 bits per heavy atom. The molecule has 0 aliphatic rings. The first kappa shape index (κ1) is 18.7. The first-order valence-electron chi connectivity index (χ1n) is 8.57. The lowest BCUT2D eigenvalue weighted by molar-refractivity contribution is 0.102. The molecule has 1 heterocycles. The van der Waals surface area contributed by atoms with Crippen molar-refractivity contribution in [2.24, 2.45) is 0 Å². The van der Waals surface area contributed by atoms with Crippen molar-refractivity contribution < 1.29 is 9.53 Å². The Morgan fingerprint density at radius 2 is 1.89 bits per heavy atom.